The number of pyridine rings is 1. The van der Waals surface area contributed by atoms with Crippen LogP contribution in [0.5, 0.6) is 11.6 Å². The lowest BCUT2D eigenvalue weighted by molar-refractivity contribution is 0.462. The van der Waals surface area contributed by atoms with E-state index in [0.717, 1.165) is 5.69 Å². The Bertz CT molecular complexity index is 488. The lowest BCUT2D eigenvalue weighted by Crippen LogP contribution is -1.91. The van der Waals surface area contributed by atoms with Gasteiger partial charge in [0.2, 0.25) is 5.88 Å². The number of hydrogen-bond donors (Lipinski definition) is 0. The van der Waals surface area contributed by atoms with Gasteiger partial charge in [0, 0.05) is 6.07 Å². The molecule has 1 aromatic carbocycles. The Hall–Kier alpha value is -1.25. The summed E-state index contributed by atoms with van der Waals surface area (Å²) in [6, 6.07) is 12.7. The maximum absolute atomic E-state index is 5.97. The molecule has 0 aliphatic carbocycles. The van der Waals surface area contributed by atoms with Gasteiger partial charge in [-0.2, -0.15) is 0 Å². The van der Waals surface area contributed by atoms with Gasteiger partial charge in [0.25, 0.3) is 0 Å². The maximum atomic E-state index is 5.97. The summed E-state index contributed by atoms with van der Waals surface area (Å²) >= 11 is 11.7. The van der Waals surface area contributed by atoms with Gasteiger partial charge in [-0.1, -0.05) is 29.8 Å². The summed E-state index contributed by atoms with van der Waals surface area (Å²) in [6.07, 6.45) is 0. The first-order valence-corrected chi connectivity index (χ1v) is 5.65. The van der Waals surface area contributed by atoms with Crippen LogP contribution in [-0.2, 0) is 5.88 Å². The summed E-state index contributed by atoms with van der Waals surface area (Å²) < 4.78 is 5.55. The standard InChI is InChI=1S/C12H9Cl2NO/c13-8-9-4-3-7-12(15-9)16-11-6-2-1-5-10(11)14/h1-7H,8H2. The third-order valence-corrected chi connectivity index (χ3v) is 2.56. The van der Waals surface area contributed by atoms with E-state index in [9.17, 15) is 0 Å². The molecular formula is C12H9Cl2NO. The smallest absolute Gasteiger partial charge is 0.219 e. The minimum Gasteiger partial charge on any atom is -0.437 e. The zero-order chi connectivity index (χ0) is 11.4. The molecule has 0 amide bonds. The van der Waals surface area contributed by atoms with E-state index >= 15 is 0 Å². The summed E-state index contributed by atoms with van der Waals surface area (Å²) in [4.78, 5) is 4.21. The Labute approximate surface area is 104 Å². The van der Waals surface area contributed by atoms with Crippen LogP contribution in [0.1, 0.15) is 5.69 Å². The molecule has 0 bridgehead atoms. The SMILES string of the molecule is ClCc1cccc(Oc2ccccc2Cl)n1. The monoisotopic (exact) mass is 253 g/mol. The van der Waals surface area contributed by atoms with Crippen LogP contribution in [0.2, 0.25) is 5.02 Å². The van der Waals surface area contributed by atoms with E-state index in [-0.39, 0.29) is 0 Å². The molecule has 0 unspecified atom stereocenters. The lowest BCUT2D eigenvalue weighted by Gasteiger charge is -2.06. The number of para-hydroxylation sites is 1. The average molecular weight is 254 g/mol. The van der Waals surface area contributed by atoms with Gasteiger partial charge in [-0.3, -0.25) is 0 Å². The number of aromatic nitrogens is 1. The third kappa shape index (κ3) is 2.65. The normalized spacial score (nSPS) is 10.1. The molecule has 0 saturated heterocycles. The second-order valence-electron chi connectivity index (χ2n) is 3.13. The third-order valence-electron chi connectivity index (χ3n) is 1.97. The van der Waals surface area contributed by atoms with Crippen LogP contribution >= 0.6 is 23.2 Å². The molecule has 4 heteroatoms. The zero-order valence-electron chi connectivity index (χ0n) is 8.36. The highest BCUT2D eigenvalue weighted by molar-refractivity contribution is 6.32. The first-order chi connectivity index (χ1) is 7.79. The van der Waals surface area contributed by atoms with Gasteiger partial charge in [-0.15, -0.1) is 11.6 Å². The van der Waals surface area contributed by atoms with Crippen molar-refractivity contribution in [2.75, 3.05) is 0 Å². The molecule has 0 aliphatic heterocycles. The Morgan fingerprint density at radius 2 is 1.88 bits per heavy atom. The Morgan fingerprint density at radius 1 is 1.06 bits per heavy atom. The van der Waals surface area contributed by atoms with Crippen LogP contribution in [0.25, 0.3) is 0 Å². The number of benzene rings is 1. The van der Waals surface area contributed by atoms with Crippen molar-refractivity contribution in [3.05, 3.63) is 53.2 Å². The van der Waals surface area contributed by atoms with Crippen molar-refractivity contribution in [3.63, 3.8) is 0 Å². The van der Waals surface area contributed by atoms with E-state index in [4.69, 9.17) is 27.9 Å². The van der Waals surface area contributed by atoms with Gasteiger partial charge in [-0.25, -0.2) is 4.98 Å². The van der Waals surface area contributed by atoms with E-state index in [1.165, 1.54) is 0 Å². The summed E-state index contributed by atoms with van der Waals surface area (Å²) in [5.74, 6) is 1.44. The molecule has 0 radical (unpaired) electrons. The fraction of sp³-hybridized carbons (Fsp3) is 0.0833. The molecule has 1 aromatic heterocycles. The van der Waals surface area contributed by atoms with Gasteiger partial charge >= 0.3 is 0 Å². The quantitative estimate of drug-likeness (QED) is 0.763. The highest BCUT2D eigenvalue weighted by Crippen LogP contribution is 2.27. The molecule has 0 atom stereocenters. The minimum atomic E-state index is 0.361. The van der Waals surface area contributed by atoms with Gasteiger partial charge in [0.15, 0.2) is 0 Å². The van der Waals surface area contributed by atoms with Crippen LogP contribution in [0, 0.1) is 0 Å². The molecule has 0 N–H and O–H groups in total. The molecule has 16 heavy (non-hydrogen) atoms. The molecular weight excluding hydrogens is 245 g/mol. The number of halogens is 2. The van der Waals surface area contributed by atoms with Crippen LogP contribution in [0.15, 0.2) is 42.5 Å². The summed E-state index contributed by atoms with van der Waals surface area (Å²) in [5, 5.41) is 0.556. The highest BCUT2D eigenvalue weighted by atomic mass is 35.5. The number of alkyl halides is 1. The fourth-order valence-electron chi connectivity index (χ4n) is 1.23. The largest absolute Gasteiger partial charge is 0.437 e. The van der Waals surface area contributed by atoms with Crippen LogP contribution in [0.3, 0.4) is 0 Å². The molecule has 0 fully saturated rings. The van der Waals surface area contributed by atoms with Crippen molar-refractivity contribution in [2.45, 2.75) is 5.88 Å². The zero-order valence-corrected chi connectivity index (χ0v) is 9.87. The van der Waals surface area contributed by atoms with Gasteiger partial charge in [0.1, 0.15) is 5.75 Å². The Balaban J connectivity index is 2.24. The molecule has 82 valence electrons. The van der Waals surface area contributed by atoms with Crippen molar-refractivity contribution >= 4 is 23.2 Å². The highest BCUT2D eigenvalue weighted by Gasteiger charge is 2.03. The molecule has 0 spiro atoms. The second-order valence-corrected chi connectivity index (χ2v) is 3.81. The summed E-state index contributed by atoms with van der Waals surface area (Å²) in [6.45, 7) is 0. The molecule has 2 rings (SSSR count). The first kappa shape index (κ1) is 11.2. The first-order valence-electron chi connectivity index (χ1n) is 4.74. The summed E-state index contributed by atoms with van der Waals surface area (Å²) in [7, 11) is 0. The van der Waals surface area contributed by atoms with Crippen LogP contribution in [-0.4, -0.2) is 4.98 Å². The van der Waals surface area contributed by atoms with Gasteiger partial charge in [0.05, 0.1) is 16.6 Å². The van der Waals surface area contributed by atoms with Gasteiger partial charge in [-0.05, 0) is 18.2 Å². The number of hydrogen-bond acceptors (Lipinski definition) is 2. The van der Waals surface area contributed by atoms with E-state index in [1.54, 1.807) is 18.2 Å². The van der Waals surface area contributed by atoms with E-state index < -0.39 is 0 Å². The molecule has 0 saturated carbocycles. The van der Waals surface area contributed by atoms with Crippen molar-refractivity contribution in [3.8, 4) is 11.6 Å². The number of ether oxygens (including phenoxy) is 1. The predicted molar refractivity (Wildman–Crippen MR) is 65.3 cm³/mol. The summed E-state index contributed by atoms with van der Waals surface area (Å²) in [5.41, 5.74) is 0.770. The Kier molecular flexibility index (Phi) is 3.65. The lowest BCUT2D eigenvalue weighted by atomic mass is 10.3. The van der Waals surface area contributed by atoms with Crippen molar-refractivity contribution in [2.24, 2.45) is 0 Å². The van der Waals surface area contributed by atoms with E-state index in [1.807, 2.05) is 24.3 Å². The predicted octanol–water partition coefficient (Wildman–Crippen LogP) is 4.27. The average Bonchev–Trinajstić information content (AvgIpc) is 2.32. The minimum absolute atomic E-state index is 0.361. The van der Waals surface area contributed by atoms with E-state index in [2.05, 4.69) is 4.98 Å². The number of rotatable bonds is 3. The molecule has 2 nitrogen and oxygen atoms in total. The topological polar surface area (TPSA) is 22.1 Å². The maximum Gasteiger partial charge on any atom is 0.219 e. The van der Waals surface area contributed by atoms with Crippen molar-refractivity contribution in [1.29, 1.82) is 0 Å². The van der Waals surface area contributed by atoms with Crippen molar-refractivity contribution in [1.82, 2.24) is 4.98 Å². The van der Waals surface area contributed by atoms with Gasteiger partial charge < -0.3 is 4.74 Å². The van der Waals surface area contributed by atoms with Crippen LogP contribution in [0.4, 0.5) is 0 Å². The number of nitrogens with zero attached hydrogens (tertiary/aromatic N) is 1. The van der Waals surface area contributed by atoms with Crippen molar-refractivity contribution < 1.29 is 4.74 Å². The van der Waals surface area contributed by atoms with E-state index in [0.29, 0.717) is 22.5 Å². The molecule has 0 aliphatic rings. The Morgan fingerprint density at radius 3 is 2.62 bits per heavy atom. The molecule has 2 aromatic rings. The molecule has 1 heterocycles. The van der Waals surface area contributed by atoms with Crippen LogP contribution < -0.4 is 4.74 Å². The second kappa shape index (κ2) is 5.19. The fourth-order valence-corrected chi connectivity index (χ4v) is 1.55.